The fraction of sp³-hybridized carbons (Fsp3) is 0.650. The molecule has 1 aliphatic carbocycles. The van der Waals surface area contributed by atoms with Crippen LogP contribution in [-0.4, -0.2) is 48.0 Å². The second kappa shape index (κ2) is 13.2. The third-order valence-electron chi connectivity index (χ3n) is 4.84. The summed E-state index contributed by atoms with van der Waals surface area (Å²) >= 11 is 0. The van der Waals surface area contributed by atoms with Crippen LogP contribution in [-0.2, 0) is 17.3 Å². The highest BCUT2D eigenvalue weighted by molar-refractivity contribution is 14.0. The molecule has 3 unspecified atom stereocenters. The van der Waals surface area contributed by atoms with Crippen LogP contribution in [0.2, 0.25) is 0 Å². The van der Waals surface area contributed by atoms with Gasteiger partial charge < -0.3 is 20.1 Å². The second-order valence-electron chi connectivity index (χ2n) is 6.68. The molecule has 0 aromatic heterocycles. The molecule has 1 saturated carbocycles. The van der Waals surface area contributed by atoms with Gasteiger partial charge in [-0.25, -0.2) is 4.99 Å². The number of nitrogens with one attached hydrogen (secondary N) is 2. The number of guanidine groups is 1. The Morgan fingerprint density at radius 1 is 1.21 bits per heavy atom. The molecule has 2 N–H and O–H groups in total. The van der Waals surface area contributed by atoms with E-state index in [0.717, 1.165) is 49.5 Å². The van der Waals surface area contributed by atoms with Crippen molar-refractivity contribution in [3.05, 3.63) is 23.8 Å². The lowest BCUT2D eigenvalue weighted by molar-refractivity contribution is 0.354. The molecule has 28 heavy (non-hydrogen) atoms. The quantitative estimate of drug-likeness (QED) is 0.310. The van der Waals surface area contributed by atoms with E-state index < -0.39 is 10.8 Å². The lowest BCUT2D eigenvalue weighted by Crippen LogP contribution is -2.46. The summed E-state index contributed by atoms with van der Waals surface area (Å²) in [5.41, 5.74) is 1.05. The van der Waals surface area contributed by atoms with Crippen molar-refractivity contribution < 1.29 is 13.7 Å². The van der Waals surface area contributed by atoms with Gasteiger partial charge in [-0.3, -0.25) is 4.21 Å². The van der Waals surface area contributed by atoms with Gasteiger partial charge in [-0.05, 0) is 43.9 Å². The van der Waals surface area contributed by atoms with E-state index in [9.17, 15) is 4.21 Å². The largest absolute Gasteiger partial charge is 0.493 e. The minimum Gasteiger partial charge on any atom is -0.493 e. The number of hydrogen-bond acceptors (Lipinski definition) is 4. The highest BCUT2D eigenvalue weighted by atomic mass is 127. The van der Waals surface area contributed by atoms with Crippen LogP contribution in [0.1, 0.15) is 45.1 Å². The SMILES string of the molecule is CCNC(=NCc1ccc(OC)c(OC)c1)NC1CCCC(S(=O)CC)C1.I. The first-order valence-corrected chi connectivity index (χ1v) is 11.1. The monoisotopic (exact) mass is 523 g/mol. The molecule has 1 aliphatic rings. The Hall–Kier alpha value is -1.03. The molecule has 6 nitrogen and oxygen atoms in total. The van der Waals surface area contributed by atoms with Gasteiger partial charge in [0.1, 0.15) is 0 Å². The van der Waals surface area contributed by atoms with Gasteiger partial charge in [-0.2, -0.15) is 0 Å². The smallest absolute Gasteiger partial charge is 0.191 e. The molecule has 1 fully saturated rings. The van der Waals surface area contributed by atoms with Crippen LogP contribution in [0.5, 0.6) is 11.5 Å². The molecule has 0 radical (unpaired) electrons. The predicted octanol–water partition coefficient (Wildman–Crippen LogP) is 3.46. The molecule has 0 amide bonds. The van der Waals surface area contributed by atoms with Crippen molar-refractivity contribution in [2.24, 2.45) is 4.99 Å². The Kier molecular flexibility index (Phi) is 11.8. The van der Waals surface area contributed by atoms with E-state index in [1.54, 1.807) is 14.2 Å². The Labute approximate surface area is 188 Å². The molecule has 0 saturated heterocycles. The van der Waals surface area contributed by atoms with Crippen LogP contribution in [0, 0.1) is 0 Å². The van der Waals surface area contributed by atoms with Crippen molar-refractivity contribution in [1.82, 2.24) is 10.6 Å². The van der Waals surface area contributed by atoms with E-state index in [1.165, 1.54) is 0 Å². The summed E-state index contributed by atoms with van der Waals surface area (Å²) in [4.78, 5) is 4.72. The molecule has 0 heterocycles. The van der Waals surface area contributed by atoms with Crippen LogP contribution < -0.4 is 20.1 Å². The fourth-order valence-corrected chi connectivity index (χ4v) is 4.76. The molecule has 2 rings (SSSR count). The maximum Gasteiger partial charge on any atom is 0.191 e. The Morgan fingerprint density at radius 3 is 2.61 bits per heavy atom. The molecular formula is C20H34IN3O3S. The maximum atomic E-state index is 12.2. The van der Waals surface area contributed by atoms with Gasteiger partial charge in [0.2, 0.25) is 0 Å². The van der Waals surface area contributed by atoms with Crippen LogP contribution in [0.3, 0.4) is 0 Å². The number of halogens is 1. The van der Waals surface area contributed by atoms with E-state index in [4.69, 9.17) is 14.5 Å². The summed E-state index contributed by atoms with van der Waals surface area (Å²) in [6.07, 6.45) is 4.22. The third-order valence-corrected chi connectivity index (χ3v) is 6.58. The van der Waals surface area contributed by atoms with Gasteiger partial charge in [0.05, 0.1) is 20.8 Å². The Balaban J connectivity index is 0.00000392. The van der Waals surface area contributed by atoms with Crippen molar-refractivity contribution in [3.8, 4) is 11.5 Å². The van der Waals surface area contributed by atoms with Gasteiger partial charge in [0, 0.05) is 34.4 Å². The first-order valence-electron chi connectivity index (χ1n) is 9.74. The summed E-state index contributed by atoms with van der Waals surface area (Å²) in [6.45, 7) is 5.41. The summed E-state index contributed by atoms with van der Waals surface area (Å²) in [6, 6.07) is 6.17. The van der Waals surface area contributed by atoms with E-state index in [-0.39, 0.29) is 24.0 Å². The first kappa shape index (κ1) is 25.0. The zero-order valence-corrected chi connectivity index (χ0v) is 20.5. The van der Waals surface area contributed by atoms with Crippen molar-refractivity contribution in [3.63, 3.8) is 0 Å². The second-order valence-corrected chi connectivity index (χ2v) is 8.69. The average molecular weight is 523 g/mol. The third kappa shape index (κ3) is 7.42. The van der Waals surface area contributed by atoms with E-state index in [1.807, 2.05) is 25.1 Å². The van der Waals surface area contributed by atoms with Crippen LogP contribution in [0.4, 0.5) is 0 Å². The number of benzene rings is 1. The summed E-state index contributed by atoms with van der Waals surface area (Å²) in [5, 5.41) is 7.15. The standard InChI is InChI=1S/C20H33N3O3S.HI/c1-5-21-20(23-16-8-7-9-17(13-16)27(24)6-2)22-14-15-10-11-18(25-3)19(12-15)26-4;/h10-12,16-17H,5-9,13-14H2,1-4H3,(H2,21,22,23);1H. The molecule has 8 heteroatoms. The van der Waals surface area contributed by atoms with E-state index >= 15 is 0 Å². The lowest BCUT2D eigenvalue weighted by Gasteiger charge is -2.30. The zero-order chi connectivity index (χ0) is 19.6. The highest BCUT2D eigenvalue weighted by Gasteiger charge is 2.26. The van der Waals surface area contributed by atoms with E-state index in [2.05, 4.69) is 17.6 Å². The fourth-order valence-electron chi connectivity index (χ4n) is 3.41. The molecule has 0 spiro atoms. The van der Waals surface area contributed by atoms with Crippen LogP contribution in [0.25, 0.3) is 0 Å². The molecule has 3 atom stereocenters. The van der Waals surface area contributed by atoms with Crippen molar-refractivity contribution in [2.75, 3.05) is 26.5 Å². The Bertz CT molecular complexity index is 658. The summed E-state index contributed by atoms with van der Waals surface area (Å²) in [5.74, 6) is 2.97. The molecule has 1 aromatic carbocycles. The molecule has 1 aromatic rings. The first-order chi connectivity index (χ1) is 13.1. The molecule has 160 valence electrons. The molecule has 0 bridgehead atoms. The van der Waals surface area contributed by atoms with Gasteiger partial charge >= 0.3 is 0 Å². The van der Waals surface area contributed by atoms with Gasteiger partial charge in [-0.1, -0.05) is 19.4 Å². The minimum atomic E-state index is -0.719. The van der Waals surface area contributed by atoms with Crippen molar-refractivity contribution in [2.45, 2.75) is 57.4 Å². The molecule has 0 aliphatic heterocycles. The van der Waals surface area contributed by atoms with Crippen molar-refractivity contribution in [1.29, 1.82) is 0 Å². The number of rotatable bonds is 8. The number of methoxy groups -OCH3 is 2. The topological polar surface area (TPSA) is 72.0 Å². The predicted molar refractivity (Wildman–Crippen MR) is 128 cm³/mol. The lowest BCUT2D eigenvalue weighted by atomic mass is 9.95. The Morgan fingerprint density at radius 2 is 1.96 bits per heavy atom. The van der Waals surface area contributed by atoms with E-state index in [0.29, 0.717) is 29.3 Å². The van der Waals surface area contributed by atoms with Crippen LogP contribution in [0.15, 0.2) is 23.2 Å². The van der Waals surface area contributed by atoms with Gasteiger partial charge in [-0.15, -0.1) is 24.0 Å². The highest BCUT2D eigenvalue weighted by Crippen LogP contribution is 2.28. The number of ether oxygens (including phenoxy) is 2. The maximum absolute atomic E-state index is 12.2. The number of aliphatic imine (C=N–C) groups is 1. The minimum absolute atomic E-state index is 0. The van der Waals surface area contributed by atoms with Gasteiger partial charge in [0.15, 0.2) is 17.5 Å². The van der Waals surface area contributed by atoms with Crippen LogP contribution >= 0.6 is 24.0 Å². The normalized spacial score (nSPS) is 20.6. The van der Waals surface area contributed by atoms with Crippen molar-refractivity contribution >= 4 is 40.7 Å². The molecular weight excluding hydrogens is 489 g/mol. The average Bonchev–Trinajstić information content (AvgIpc) is 2.71. The number of hydrogen-bond donors (Lipinski definition) is 2. The van der Waals surface area contributed by atoms with Gasteiger partial charge in [0.25, 0.3) is 0 Å². The summed E-state index contributed by atoms with van der Waals surface area (Å²) < 4.78 is 22.8. The zero-order valence-electron chi connectivity index (χ0n) is 17.3. The number of nitrogens with zero attached hydrogens (tertiary/aromatic N) is 1. The summed E-state index contributed by atoms with van der Waals surface area (Å²) in [7, 11) is 2.55.